The average Bonchev–Trinajstić information content (AvgIpc) is 3.27. The van der Waals surface area contributed by atoms with Crippen LogP contribution >= 0.6 is 0 Å². The standard InChI is InChI=1S/C28H31N5O3/c1-2-24(34)31-21-16-20(17-21)23-12-14-30-28-25(27(29)35)26(32-33(23)28)19-8-10-22(11-9-19)36-15-13-18-6-4-3-5-7-18/h2-11,20-21,23,30H,1,12-17H2,(H2,29,35)(H,31,34). The van der Waals surface area contributed by atoms with E-state index in [-0.39, 0.29) is 18.0 Å². The topological polar surface area (TPSA) is 111 Å². The van der Waals surface area contributed by atoms with Crippen molar-refractivity contribution in [2.24, 2.45) is 11.7 Å². The zero-order chi connectivity index (χ0) is 25.1. The highest BCUT2D eigenvalue weighted by atomic mass is 16.5. The molecule has 1 aliphatic carbocycles. The van der Waals surface area contributed by atoms with Crippen LogP contribution in [0.1, 0.15) is 41.2 Å². The third-order valence-corrected chi connectivity index (χ3v) is 7.08. The molecule has 0 radical (unpaired) electrons. The number of primary amides is 1. The van der Waals surface area contributed by atoms with Crippen LogP contribution < -0.4 is 21.1 Å². The summed E-state index contributed by atoms with van der Waals surface area (Å²) in [5.41, 5.74) is 8.84. The minimum Gasteiger partial charge on any atom is -0.493 e. The van der Waals surface area contributed by atoms with Gasteiger partial charge in [0.15, 0.2) is 0 Å². The molecule has 2 amide bonds. The molecule has 2 heterocycles. The van der Waals surface area contributed by atoms with Crippen LogP contribution in [-0.4, -0.2) is 40.8 Å². The van der Waals surface area contributed by atoms with Crippen LogP contribution in [-0.2, 0) is 11.2 Å². The zero-order valence-corrected chi connectivity index (χ0v) is 20.2. The van der Waals surface area contributed by atoms with Crippen molar-refractivity contribution in [3.63, 3.8) is 0 Å². The van der Waals surface area contributed by atoms with Gasteiger partial charge in [0, 0.05) is 24.6 Å². The summed E-state index contributed by atoms with van der Waals surface area (Å²) >= 11 is 0. The first kappa shape index (κ1) is 23.7. The van der Waals surface area contributed by atoms with Gasteiger partial charge in [-0.15, -0.1) is 0 Å². The molecule has 36 heavy (non-hydrogen) atoms. The first-order chi connectivity index (χ1) is 17.5. The Bertz CT molecular complexity index is 1250. The Morgan fingerprint density at radius 1 is 1.17 bits per heavy atom. The number of anilines is 1. The maximum absolute atomic E-state index is 12.5. The number of rotatable bonds is 9. The van der Waals surface area contributed by atoms with Crippen LogP contribution in [0.4, 0.5) is 5.82 Å². The van der Waals surface area contributed by atoms with Crippen molar-refractivity contribution in [3.8, 4) is 17.0 Å². The van der Waals surface area contributed by atoms with Gasteiger partial charge in [-0.3, -0.25) is 9.59 Å². The molecule has 8 nitrogen and oxygen atoms in total. The molecule has 186 valence electrons. The Morgan fingerprint density at radius 3 is 2.61 bits per heavy atom. The summed E-state index contributed by atoms with van der Waals surface area (Å²) in [6, 6.07) is 18.1. The molecule has 8 heteroatoms. The van der Waals surface area contributed by atoms with E-state index in [0.717, 1.165) is 43.5 Å². The molecule has 2 aliphatic rings. The quantitative estimate of drug-likeness (QED) is 0.400. The second kappa shape index (κ2) is 10.3. The van der Waals surface area contributed by atoms with Gasteiger partial charge in [-0.05, 0) is 61.1 Å². The predicted molar refractivity (Wildman–Crippen MR) is 139 cm³/mol. The van der Waals surface area contributed by atoms with Crippen molar-refractivity contribution in [3.05, 3.63) is 78.4 Å². The van der Waals surface area contributed by atoms with E-state index in [1.165, 1.54) is 11.6 Å². The Hall–Kier alpha value is -4.07. The molecule has 1 unspecified atom stereocenters. The van der Waals surface area contributed by atoms with Gasteiger partial charge in [0.2, 0.25) is 5.91 Å². The lowest BCUT2D eigenvalue weighted by Gasteiger charge is -2.42. The van der Waals surface area contributed by atoms with Crippen molar-refractivity contribution in [2.75, 3.05) is 18.5 Å². The minimum absolute atomic E-state index is 0.144. The van der Waals surface area contributed by atoms with Crippen molar-refractivity contribution >= 4 is 17.6 Å². The van der Waals surface area contributed by atoms with E-state index in [1.807, 2.05) is 47.1 Å². The summed E-state index contributed by atoms with van der Waals surface area (Å²) in [6.07, 6.45) is 4.77. The lowest BCUT2D eigenvalue weighted by Crippen LogP contribution is -2.47. The average molecular weight is 486 g/mol. The van der Waals surface area contributed by atoms with Crippen molar-refractivity contribution in [1.82, 2.24) is 15.1 Å². The molecular formula is C28H31N5O3. The van der Waals surface area contributed by atoms with Crippen molar-refractivity contribution in [1.29, 1.82) is 0 Å². The number of benzene rings is 2. The largest absolute Gasteiger partial charge is 0.493 e. The second-order valence-corrected chi connectivity index (χ2v) is 9.41. The summed E-state index contributed by atoms with van der Waals surface area (Å²) < 4.78 is 7.84. The molecule has 4 N–H and O–H groups in total. The van der Waals surface area contributed by atoms with Crippen LogP contribution in [0.3, 0.4) is 0 Å². The van der Waals surface area contributed by atoms with E-state index in [1.54, 1.807) is 0 Å². The van der Waals surface area contributed by atoms with Crippen LogP contribution in [0.5, 0.6) is 5.75 Å². The molecule has 5 rings (SSSR count). The zero-order valence-electron chi connectivity index (χ0n) is 20.2. The summed E-state index contributed by atoms with van der Waals surface area (Å²) in [4.78, 5) is 24.1. The fraction of sp³-hybridized carbons (Fsp3) is 0.321. The predicted octanol–water partition coefficient (Wildman–Crippen LogP) is 3.71. The number of nitrogens with one attached hydrogen (secondary N) is 2. The number of carbonyl (C=O) groups is 2. The number of fused-ring (bicyclic) bond motifs is 1. The first-order valence-electron chi connectivity index (χ1n) is 12.4. The van der Waals surface area contributed by atoms with E-state index < -0.39 is 5.91 Å². The van der Waals surface area contributed by atoms with Crippen molar-refractivity contribution < 1.29 is 14.3 Å². The molecule has 0 spiro atoms. The molecule has 3 aromatic rings. The molecule has 1 fully saturated rings. The van der Waals surface area contributed by atoms with E-state index in [9.17, 15) is 9.59 Å². The highest BCUT2D eigenvalue weighted by Crippen LogP contribution is 2.43. The Kier molecular flexibility index (Phi) is 6.75. The molecular weight excluding hydrogens is 454 g/mol. The lowest BCUT2D eigenvalue weighted by atomic mass is 9.74. The second-order valence-electron chi connectivity index (χ2n) is 9.41. The molecule has 1 saturated carbocycles. The lowest BCUT2D eigenvalue weighted by molar-refractivity contribution is -0.118. The van der Waals surface area contributed by atoms with Gasteiger partial charge >= 0.3 is 0 Å². The van der Waals surface area contributed by atoms with Crippen LogP contribution in [0.25, 0.3) is 11.3 Å². The Balaban J connectivity index is 1.31. The number of hydrogen-bond donors (Lipinski definition) is 3. The fourth-order valence-corrected chi connectivity index (χ4v) is 5.17. The SMILES string of the molecule is C=CC(=O)NC1CC(C2CCNc3c(C(N)=O)c(-c4ccc(OCCc5ccccc5)cc4)nn32)C1. The van der Waals surface area contributed by atoms with E-state index in [4.69, 9.17) is 15.6 Å². The minimum atomic E-state index is -0.507. The van der Waals surface area contributed by atoms with Crippen LogP contribution in [0.2, 0.25) is 0 Å². The summed E-state index contributed by atoms with van der Waals surface area (Å²) in [6.45, 7) is 4.83. The molecule has 0 bridgehead atoms. The number of nitrogens with zero attached hydrogens (tertiary/aromatic N) is 2. The van der Waals surface area contributed by atoms with Crippen LogP contribution in [0, 0.1) is 5.92 Å². The number of amides is 2. The summed E-state index contributed by atoms with van der Waals surface area (Å²) in [7, 11) is 0. The van der Waals surface area contributed by atoms with Gasteiger partial charge in [-0.2, -0.15) is 5.10 Å². The number of carbonyl (C=O) groups excluding carboxylic acids is 2. The number of ether oxygens (including phenoxy) is 1. The van der Waals surface area contributed by atoms with Gasteiger partial charge < -0.3 is 21.1 Å². The third-order valence-electron chi connectivity index (χ3n) is 7.08. The summed E-state index contributed by atoms with van der Waals surface area (Å²) in [5.74, 6) is 1.16. The van der Waals surface area contributed by atoms with Crippen molar-refractivity contribution in [2.45, 2.75) is 37.8 Å². The van der Waals surface area contributed by atoms with E-state index >= 15 is 0 Å². The van der Waals surface area contributed by atoms with Gasteiger partial charge in [-0.1, -0.05) is 36.9 Å². The molecule has 1 aliphatic heterocycles. The fourth-order valence-electron chi connectivity index (χ4n) is 5.17. The molecule has 2 aromatic carbocycles. The maximum atomic E-state index is 12.5. The smallest absolute Gasteiger partial charge is 0.254 e. The molecule has 1 atom stereocenters. The maximum Gasteiger partial charge on any atom is 0.254 e. The van der Waals surface area contributed by atoms with Gasteiger partial charge in [0.05, 0.1) is 12.6 Å². The van der Waals surface area contributed by atoms with Gasteiger partial charge in [0.25, 0.3) is 5.91 Å². The van der Waals surface area contributed by atoms with E-state index in [0.29, 0.717) is 29.6 Å². The van der Waals surface area contributed by atoms with Gasteiger partial charge in [0.1, 0.15) is 22.8 Å². The Morgan fingerprint density at radius 2 is 1.92 bits per heavy atom. The Labute approximate surface area is 210 Å². The number of hydrogen-bond acceptors (Lipinski definition) is 5. The number of nitrogens with two attached hydrogens (primary N) is 1. The first-order valence-corrected chi connectivity index (χ1v) is 12.4. The van der Waals surface area contributed by atoms with E-state index in [2.05, 4.69) is 29.3 Å². The summed E-state index contributed by atoms with van der Waals surface area (Å²) in [5, 5.41) is 11.2. The highest BCUT2D eigenvalue weighted by Gasteiger charge is 2.40. The third kappa shape index (κ3) is 4.84. The molecule has 1 aromatic heterocycles. The molecule has 0 saturated heterocycles. The van der Waals surface area contributed by atoms with Crippen LogP contribution in [0.15, 0.2) is 67.3 Å². The highest BCUT2D eigenvalue weighted by molar-refractivity contribution is 6.03. The van der Waals surface area contributed by atoms with Gasteiger partial charge in [-0.25, -0.2) is 4.68 Å². The normalized spacial score (nSPS) is 20.4. The monoisotopic (exact) mass is 485 g/mol. The number of aromatic nitrogens is 2.